The van der Waals surface area contributed by atoms with Crippen LogP contribution in [0.2, 0.25) is 0 Å². The zero-order valence-corrected chi connectivity index (χ0v) is 16.0. The van der Waals surface area contributed by atoms with Crippen LogP contribution < -0.4 is 10.0 Å². The lowest BCUT2D eigenvalue weighted by Crippen LogP contribution is -2.42. The summed E-state index contributed by atoms with van der Waals surface area (Å²) in [6, 6.07) is 8.02. The van der Waals surface area contributed by atoms with Gasteiger partial charge in [-0.15, -0.1) is 0 Å². The number of carbonyl (C=O) groups is 1. The second-order valence-corrected chi connectivity index (χ2v) is 9.18. The zero-order chi connectivity index (χ0) is 18.3. The molecule has 5 nitrogen and oxygen atoms in total. The maximum Gasteiger partial charge on any atom is 0.214 e. The summed E-state index contributed by atoms with van der Waals surface area (Å²) in [7, 11) is -3.19. The van der Waals surface area contributed by atoms with Crippen LogP contribution in [0.3, 0.4) is 0 Å². The van der Waals surface area contributed by atoms with Crippen LogP contribution in [0.1, 0.15) is 51.5 Å². The van der Waals surface area contributed by atoms with E-state index in [0.29, 0.717) is 18.8 Å². The number of aldehydes is 1. The van der Waals surface area contributed by atoms with Crippen LogP contribution in [-0.4, -0.2) is 32.5 Å². The molecule has 1 saturated carbocycles. The highest BCUT2D eigenvalue weighted by molar-refractivity contribution is 7.90. The van der Waals surface area contributed by atoms with Gasteiger partial charge >= 0.3 is 0 Å². The Bertz CT molecular complexity index is 652. The van der Waals surface area contributed by atoms with Crippen molar-refractivity contribution in [1.82, 2.24) is 4.72 Å². The minimum atomic E-state index is -3.19. The first-order valence-electron chi connectivity index (χ1n) is 9.22. The molecule has 140 valence electrons. The molecule has 0 radical (unpaired) electrons. The van der Waals surface area contributed by atoms with Crippen molar-refractivity contribution in [2.75, 3.05) is 11.9 Å². The number of hydrogen-bond acceptors (Lipinski definition) is 4. The molecule has 25 heavy (non-hydrogen) atoms. The van der Waals surface area contributed by atoms with E-state index in [2.05, 4.69) is 10.0 Å². The van der Waals surface area contributed by atoms with E-state index in [1.807, 2.05) is 31.2 Å². The minimum Gasteiger partial charge on any atom is -0.385 e. The largest absolute Gasteiger partial charge is 0.385 e. The molecule has 0 heterocycles. The maximum absolute atomic E-state index is 12.2. The van der Waals surface area contributed by atoms with Crippen molar-refractivity contribution in [3.8, 4) is 0 Å². The van der Waals surface area contributed by atoms with E-state index in [9.17, 15) is 13.2 Å². The number of carbonyl (C=O) groups excluding carboxylic acids is 1. The Labute approximate surface area is 151 Å². The predicted octanol–water partition coefficient (Wildman–Crippen LogP) is 3.12. The molecule has 1 aromatic rings. The van der Waals surface area contributed by atoms with Crippen molar-refractivity contribution in [1.29, 1.82) is 0 Å². The van der Waals surface area contributed by atoms with Gasteiger partial charge in [0.05, 0.1) is 5.25 Å². The van der Waals surface area contributed by atoms with E-state index in [1.165, 1.54) is 0 Å². The first-order chi connectivity index (χ1) is 11.9. The van der Waals surface area contributed by atoms with Gasteiger partial charge in [0.2, 0.25) is 10.0 Å². The van der Waals surface area contributed by atoms with Crippen molar-refractivity contribution in [2.24, 2.45) is 5.92 Å². The average Bonchev–Trinajstić information content (AvgIpc) is 2.61. The fraction of sp³-hybridized carbons (Fsp3) is 0.632. The van der Waals surface area contributed by atoms with Crippen molar-refractivity contribution in [3.63, 3.8) is 0 Å². The minimum absolute atomic E-state index is 0.0752. The average molecular weight is 367 g/mol. The van der Waals surface area contributed by atoms with E-state index in [0.717, 1.165) is 49.8 Å². The fourth-order valence-corrected chi connectivity index (χ4v) is 4.59. The molecule has 1 unspecified atom stereocenters. The molecule has 1 aliphatic carbocycles. The standard InChI is InChI=1S/C19H30N2O3S/c1-3-15(2)25(23,24)21-18-9-7-17(8-10-18)14-20-19-6-4-5-16(13-19)11-12-22/h4-6,12-13,15,17-18,20-21H,3,7-11,14H2,1-2H3. The van der Waals surface area contributed by atoms with Gasteiger partial charge in [0.15, 0.2) is 0 Å². The summed E-state index contributed by atoms with van der Waals surface area (Å²) >= 11 is 0. The van der Waals surface area contributed by atoms with Crippen molar-refractivity contribution in [2.45, 2.75) is 63.7 Å². The van der Waals surface area contributed by atoms with Crippen LogP contribution in [0, 0.1) is 5.92 Å². The molecular formula is C19H30N2O3S. The molecule has 2 N–H and O–H groups in total. The first-order valence-corrected chi connectivity index (χ1v) is 10.8. The smallest absolute Gasteiger partial charge is 0.214 e. The van der Waals surface area contributed by atoms with Crippen molar-refractivity contribution >= 4 is 22.0 Å². The van der Waals surface area contributed by atoms with Crippen LogP contribution in [0.4, 0.5) is 5.69 Å². The Balaban J connectivity index is 1.77. The monoisotopic (exact) mass is 366 g/mol. The Morgan fingerprint density at radius 2 is 1.96 bits per heavy atom. The quantitative estimate of drug-likeness (QED) is 0.659. The molecule has 0 aromatic heterocycles. The van der Waals surface area contributed by atoms with Gasteiger partial charge in [0.1, 0.15) is 6.29 Å². The molecule has 0 bridgehead atoms. The SMILES string of the molecule is CCC(C)S(=O)(=O)NC1CCC(CNc2cccc(CC=O)c2)CC1. The van der Waals surface area contributed by atoms with Gasteiger partial charge in [0.25, 0.3) is 0 Å². The molecule has 0 amide bonds. The summed E-state index contributed by atoms with van der Waals surface area (Å²) in [5, 5.41) is 3.12. The zero-order valence-electron chi connectivity index (χ0n) is 15.2. The third kappa shape index (κ3) is 6.12. The summed E-state index contributed by atoms with van der Waals surface area (Å²) in [5.41, 5.74) is 2.06. The maximum atomic E-state index is 12.2. The molecule has 0 saturated heterocycles. The van der Waals surface area contributed by atoms with E-state index >= 15 is 0 Å². The molecule has 1 fully saturated rings. The third-order valence-corrected chi connectivity index (χ3v) is 7.18. The third-order valence-electron chi connectivity index (χ3n) is 5.12. The number of hydrogen-bond donors (Lipinski definition) is 2. The van der Waals surface area contributed by atoms with Crippen molar-refractivity contribution < 1.29 is 13.2 Å². The van der Waals surface area contributed by atoms with Crippen LogP contribution >= 0.6 is 0 Å². The van der Waals surface area contributed by atoms with Gasteiger partial charge in [0, 0.05) is 24.7 Å². The van der Waals surface area contributed by atoms with Crippen LogP contribution in [-0.2, 0) is 21.2 Å². The normalized spacial score (nSPS) is 22.3. The summed E-state index contributed by atoms with van der Waals surface area (Å²) in [6.45, 7) is 4.54. The Kier molecular flexibility index (Phi) is 7.44. The van der Waals surface area contributed by atoms with Gasteiger partial charge in [-0.1, -0.05) is 19.1 Å². The summed E-state index contributed by atoms with van der Waals surface area (Å²) in [5.74, 6) is 0.555. The first kappa shape index (κ1) is 19.9. The number of benzene rings is 1. The Hall–Kier alpha value is -1.40. The number of rotatable bonds is 9. The van der Waals surface area contributed by atoms with E-state index in [-0.39, 0.29) is 11.3 Å². The van der Waals surface area contributed by atoms with Gasteiger partial charge in [-0.25, -0.2) is 13.1 Å². The Morgan fingerprint density at radius 3 is 2.60 bits per heavy atom. The lowest BCUT2D eigenvalue weighted by molar-refractivity contribution is -0.107. The molecule has 1 atom stereocenters. The lowest BCUT2D eigenvalue weighted by Gasteiger charge is -2.30. The molecule has 6 heteroatoms. The summed E-state index contributed by atoms with van der Waals surface area (Å²) in [4.78, 5) is 10.6. The Morgan fingerprint density at radius 1 is 1.24 bits per heavy atom. The van der Waals surface area contributed by atoms with Gasteiger partial charge in [-0.05, 0) is 62.6 Å². The second kappa shape index (κ2) is 9.34. The topological polar surface area (TPSA) is 75.3 Å². The van der Waals surface area contributed by atoms with Gasteiger partial charge in [-0.2, -0.15) is 0 Å². The van der Waals surface area contributed by atoms with E-state index in [4.69, 9.17) is 0 Å². The predicted molar refractivity (Wildman–Crippen MR) is 102 cm³/mol. The highest BCUT2D eigenvalue weighted by atomic mass is 32.2. The highest BCUT2D eigenvalue weighted by Gasteiger charge is 2.27. The highest BCUT2D eigenvalue weighted by Crippen LogP contribution is 2.26. The molecule has 0 spiro atoms. The molecular weight excluding hydrogens is 336 g/mol. The van der Waals surface area contributed by atoms with E-state index in [1.54, 1.807) is 6.92 Å². The number of sulfonamides is 1. The van der Waals surface area contributed by atoms with Crippen LogP contribution in [0.25, 0.3) is 0 Å². The van der Waals surface area contributed by atoms with Gasteiger partial charge < -0.3 is 10.1 Å². The summed E-state index contributed by atoms with van der Waals surface area (Å²) in [6.07, 6.45) is 5.83. The van der Waals surface area contributed by atoms with Gasteiger partial charge in [-0.3, -0.25) is 0 Å². The molecule has 0 aliphatic heterocycles. The lowest BCUT2D eigenvalue weighted by atomic mass is 9.86. The number of anilines is 1. The number of nitrogens with one attached hydrogen (secondary N) is 2. The molecule has 1 aromatic carbocycles. The molecule has 2 rings (SSSR count). The fourth-order valence-electron chi connectivity index (χ4n) is 3.22. The summed E-state index contributed by atoms with van der Waals surface area (Å²) < 4.78 is 27.2. The van der Waals surface area contributed by atoms with Crippen LogP contribution in [0.15, 0.2) is 24.3 Å². The van der Waals surface area contributed by atoms with Crippen molar-refractivity contribution in [3.05, 3.63) is 29.8 Å². The molecule has 1 aliphatic rings. The second-order valence-electron chi connectivity index (χ2n) is 7.05. The van der Waals surface area contributed by atoms with E-state index < -0.39 is 10.0 Å². The van der Waals surface area contributed by atoms with Crippen LogP contribution in [0.5, 0.6) is 0 Å².